The number of halogens is 4. The third kappa shape index (κ3) is 3.40. The van der Waals surface area contributed by atoms with E-state index in [4.69, 9.17) is 11.6 Å². The van der Waals surface area contributed by atoms with E-state index < -0.39 is 12.1 Å². The minimum Gasteiger partial charge on any atom is -0.170 e. The molecule has 0 nitrogen and oxygen atoms in total. The first-order chi connectivity index (χ1) is 3.98. The molecule has 0 saturated heterocycles. The van der Waals surface area contributed by atoms with Crippen molar-refractivity contribution in [2.24, 2.45) is 5.92 Å². The van der Waals surface area contributed by atoms with Crippen LogP contribution in [0.5, 0.6) is 0 Å². The summed E-state index contributed by atoms with van der Waals surface area (Å²) in [6.45, 7) is 1.04. The molecule has 0 N–H and O–H groups in total. The summed E-state index contributed by atoms with van der Waals surface area (Å²) in [4.78, 5) is 0. The van der Waals surface area contributed by atoms with Gasteiger partial charge in [-0.2, -0.15) is 13.2 Å². The number of hydrogen-bond donors (Lipinski definition) is 0. The molecule has 0 aromatic rings. The zero-order valence-corrected chi connectivity index (χ0v) is 5.50. The number of rotatable bonds is 1. The minimum atomic E-state index is -4.16. The maximum Gasteiger partial charge on any atom is 0.394 e. The highest BCUT2D eigenvalue weighted by atomic mass is 35.5. The maximum atomic E-state index is 11.5. The Balaban J connectivity index is 3.88. The summed E-state index contributed by atoms with van der Waals surface area (Å²) >= 11 is 4.92. The largest absolute Gasteiger partial charge is 0.394 e. The van der Waals surface area contributed by atoms with Crippen molar-refractivity contribution in [2.75, 3.05) is 0 Å². The van der Waals surface area contributed by atoms with Crippen LogP contribution in [0.2, 0.25) is 0 Å². The summed E-state index contributed by atoms with van der Waals surface area (Å²) in [7, 11) is 0. The van der Waals surface area contributed by atoms with E-state index in [-0.39, 0.29) is 0 Å². The molecule has 0 aliphatic heterocycles. The molecule has 0 aromatic heterocycles. The van der Waals surface area contributed by atoms with Gasteiger partial charge in [-0.3, -0.25) is 0 Å². The molecule has 0 aliphatic carbocycles. The lowest BCUT2D eigenvalue weighted by Crippen LogP contribution is -2.16. The molecular formula is C5H6ClF3. The lowest BCUT2D eigenvalue weighted by Gasteiger charge is -2.09. The number of allylic oxidation sites excluding steroid dienone is 1. The van der Waals surface area contributed by atoms with Gasteiger partial charge in [0.2, 0.25) is 0 Å². The Morgan fingerprint density at radius 1 is 1.44 bits per heavy atom. The summed E-state index contributed by atoms with van der Waals surface area (Å²) in [6, 6.07) is 0. The molecule has 0 fully saturated rings. The molecule has 0 aromatic carbocycles. The van der Waals surface area contributed by atoms with E-state index in [1.807, 2.05) is 0 Å². The molecule has 4 heteroatoms. The summed E-state index contributed by atoms with van der Waals surface area (Å²) in [5, 5.41) is 0. The van der Waals surface area contributed by atoms with Gasteiger partial charge in [0.15, 0.2) is 0 Å². The Labute approximate surface area is 56.3 Å². The zero-order valence-electron chi connectivity index (χ0n) is 4.74. The highest BCUT2D eigenvalue weighted by Crippen LogP contribution is 2.26. The molecule has 0 heterocycles. The van der Waals surface area contributed by atoms with Crippen LogP contribution in [0.1, 0.15) is 6.92 Å². The molecule has 1 atom stereocenters. The van der Waals surface area contributed by atoms with Crippen molar-refractivity contribution in [3.8, 4) is 0 Å². The average Bonchev–Trinajstić information content (AvgIpc) is 1.64. The van der Waals surface area contributed by atoms with Crippen LogP contribution in [0.15, 0.2) is 11.6 Å². The van der Waals surface area contributed by atoms with Crippen LogP contribution in [-0.4, -0.2) is 6.18 Å². The Morgan fingerprint density at radius 2 is 1.89 bits per heavy atom. The Morgan fingerprint density at radius 3 is 2.00 bits per heavy atom. The second-order valence-corrected chi connectivity index (χ2v) is 1.90. The van der Waals surface area contributed by atoms with Crippen LogP contribution < -0.4 is 0 Å². The van der Waals surface area contributed by atoms with Crippen LogP contribution in [0.25, 0.3) is 0 Å². The molecular weight excluding hydrogens is 153 g/mol. The van der Waals surface area contributed by atoms with Crippen molar-refractivity contribution in [1.82, 2.24) is 0 Å². The summed E-state index contributed by atoms with van der Waals surface area (Å²) in [5.41, 5.74) is 0.873. The van der Waals surface area contributed by atoms with Crippen molar-refractivity contribution in [1.29, 1.82) is 0 Å². The lowest BCUT2D eigenvalue weighted by atomic mass is 10.2. The Bertz CT molecular complexity index is 105. The van der Waals surface area contributed by atoms with Gasteiger partial charge in [-0.15, -0.1) is 0 Å². The van der Waals surface area contributed by atoms with E-state index >= 15 is 0 Å². The predicted molar refractivity (Wildman–Crippen MR) is 30.2 cm³/mol. The van der Waals surface area contributed by atoms with E-state index in [2.05, 4.69) is 0 Å². The van der Waals surface area contributed by atoms with Gasteiger partial charge >= 0.3 is 6.18 Å². The maximum absolute atomic E-state index is 11.5. The van der Waals surface area contributed by atoms with Gasteiger partial charge in [0, 0.05) is 5.54 Å². The van der Waals surface area contributed by atoms with E-state index in [9.17, 15) is 13.2 Å². The highest BCUT2D eigenvalue weighted by Gasteiger charge is 2.33. The van der Waals surface area contributed by atoms with Crippen LogP contribution in [0.4, 0.5) is 13.2 Å². The van der Waals surface area contributed by atoms with Crippen LogP contribution in [-0.2, 0) is 0 Å². The molecule has 0 aliphatic rings. The lowest BCUT2D eigenvalue weighted by molar-refractivity contribution is -0.156. The van der Waals surface area contributed by atoms with Crippen molar-refractivity contribution in [3.05, 3.63) is 11.6 Å². The normalized spacial score (nSPS) is 16.6. The quantitative estimate of drug-likeness (QED) is 0.551. The minimum absolute atomic E-state index is 0.873. The van der Waals surface area contributed by atoms with Gasteiger partial charge < -0.3 is 0 Å². The second-order valence-electron chi connectivity index (χ2n) is 1.65. The number of hydrogen-bond acceptors (Lipinski definition) is 0. The number of alkyl halides is 3. The molecule has 0 rings (SSSR count). The summed E-state index contributed by atoms with van der Waals surface area (Å²) in [5.74, 6) is -1.45. The van der Waals surface area contributed by atoms with Crippen molar-refractivity contribution < 1.29 is 13.2 Å². The molecule has 0 saturated carbocycles. The van der Waals surface area contributed by atoms with E-state index in [0.29, 0.717) is 0 Å². The SMILES string of the molecule is CC(/C=C/Cl)C(F)(F)F. The first-order valence-corrected chi connectivity index (χ1v) is 2.75. The summed E-state index contributed by atoms with van der Waals surface area (Å²) < 4.78 is 34.6. The van der Waals surface area contributed by atoms with Crippen LogP contribution in [0, 0.1) is 5.92 Å². The Hall–Kier alpha value is -0.180. The van der Waals surface area contributed by atoms with E-state index in [1.54, 1.807) is 0 Å². The third-order valence-corrected chi connectivity index (χ3v) is 1.02. The van der Waals surface area contributed by atoms with Crippen LogP contribution in [0.3, 0.4) is 0 Å². The highest BCUT2D eigenvalue weighted by molar-refractivity contribution is 6.25. The van der Waals surface area contributed by atoms with Gasteiger partial charge in [-0.1, -0.05) is 24.6 Å². The van der Waals surface area contributed by atoms with Crippen molar-refractivity contribution in [3.63, 3.8) is 0 Å². The topological polar surface area (TPSA) is 0 Å². The molecule has 54 valence electrons. The predicted octanol–water partition coefficient (Wildman–Crippen LogP) is 2.94. The Kier molecular flexibility index (Phi) is 3.04. The third-order valence-electron chi connectivity index (χ3n) is 0.878. The van der Waals surface area contributed by atoms with Gasteiger partial charge in [0.05, 0.1) is 5.92 Å². The first kappa shape index (κ1) is 8.82. The first-order valence-electron chi connectivity index (χ1n) is 2.32. The van der Waals surface area contributed by atoms with E-state index in [0.717, 1.165) is 18.5 Å². The average molecular weight is 159 g/mol. The summed E-state index contributed by atoms with van der Waals surface area (Å²) in [6.07, 6.45) is -3.27. The monoisotopic (exact) mass is 158 g/mol. The van der Waals surface area contributed by atoms with Gasteiger partial charge in [0.25, 0.3) is 0 Å². The van der Waals surface area contributed by atoms with Gasteiger partial charge in [-0.25, -0.2) is 0 Å². The van der Waals surface area contributed by atoms with Gasteiger partial charge in [0.1, 0.15) is 0 Å². The zero-order chi connectivity index (χ0) is 7.49. The fourth-order valence-electron chi connectivity index (χ4n) is 0.218. The van der Waals surface area contributed by atoms with Gasteiger partial charge in [-0.05, 0) is 0 Å². The fourth-order valence-corrected chi connectivity index (χ4v) is 0.436. The van der Waals surface area contributed by atoms with Crippen LogP contribution >= 0.6 is 11.6 Å². The smallest absolute Gasteiger partial charge is 0.170 e. The molecule has 0 amide bonds. The van der Waals surface area contributed by atoms with E-state index in [1.165, 1.54) is 0 Å². The van der Waals surface area contributed by atoms with Crippen molar-refractivity contribution >= 4 is 11.6 Å². The molecule has 0 spiro atoms. The fraction of sp³-hybridized carbons (Fsp3) is 0.600. The molecule has 1 unspecified atom stereocenters. The van der Waals surface area contributed by atoms with Crippen molar-refractivity contribution in [2.45, 2.75) is 13.1 Å². The molecule has 9 heavy (non-hydrogen) atoms. The second kappa shape index (κ2) is 3.11. The standard InChI is InChI=1S/C5H6ClF3/c1-4(2-3-6)5(7,8)9/h2-4H,1H3/b3-2+. The molecule has 0 radical (unpaired) electrons. The molecule has 0 bridgehead atoms.